The molecule has 5 nitrogen and oxygen atoms in total. The highest BCUT2D eigenvalue weighted by Gasteiger charge is 2.47. The van der Waals surface area contributed by atoms with Crippen molar-refractivity contribution in [3.63, 3.8) is 0 Å². The summed E-state index contributed by atoms with van der Waals surface area (Å²) >= 11 is 0. The Balaban J connectivity index is 1.92. The van der Waals surface area contributed by atoms with Crippen molar-refractivity contribution in [3.05, 3.63) is 35.4 Å². The van der Waals surface area contributed by atoms with Gasteiger partial charge in [-0.2, -0.15) is 0 Å². The molecule has 2 aliphatic heterocycles. The molecule has 2 fully saturated rings. The maximum absolute atomic E-state index is 11.9. The number of hydrazine groups is 1. The molecule has 1 aromatic carbocycles. The molecule has 3 rings (SSSR count). The molecule has 2 aliphatic rings. The third kappa shape index (κ3) is 2.05. The lowest BCUT2D eigenvalue weighted by molar-refractivity contribution is -0.131. The highest BCUT2D eigenvalue weighted by molar-refractivity contribution is 5.86. The van der Waals surface area contributed by atoms with Gasteiger partial charge < -0.3 is 10.1 Å². The Morgan fingerprint density at radius 3 is 2.74 bits per heavy atom. The molecule has 2 heterocycles. The van der Waals surface area contributed by atoms with Gasteiger partial charge in [0, 0.05) is 13.1 Å². The number of aldehydes is 1. The fraction of sp³-hybridized carbons (Fsp3) is 0.429. The molecule has 19 heavy (non-hydrogen) atoms. The number of carbonyl (C=O) groups excluding carboxylic acids is 2. The summed E-state index contributed by atoms with van der Waals surface area (Å²) in [5, 5.41) is 4.71. The predicted molar refractivity (Wildman–Crippen MR) is 70.1 cm³/mol. The van der Waals surface area contributed by atoms with Crippen LogP contribution in [-0.2, 0) is 9.59 Å². The summed E-state index contributed by atoms with van der Waals surface area (Å²) < 4.78 is 0. The first-order chi connectivity index (χ1) is 9.20. The van der Waals surface area contributed by atoms with E-state index in [2.05, 4.69) is 10.7 Å². The maximum atomic E-state index is 11.9. The summed E-state index contributed by atoms with van der Waals surface area (Å²) in [4.78, 5) is 23.3. The van der Waals surface area contributed by atoms with E-state index in [9.17, 15) is 9.59 Å². The Morgan fingerprint density at radius 1 is 1.32 bits per heavy atom. The average Bonchev–Trinajstić information content (AvgIpc) is 2.79. The number of aryl methyl sites for hydroxylation is 1. The van der Waals surface area contributed by atoms with Crippen molar-refractivity contribution in [2.24, 2.45) is 5.92 Å². The minimum absolute atomic E-state index is 0.0644. The zero-order chi connectivity index (χ0) is 13.4. The van der Waals surface area contributed by atoms with Crippen LogP contribution in [0.3, 0.4) is 0 Å². The second kappa shape index (κ2) is 4.75. The Morgan fingerprint density at radius 2 is 2.05 bits per heavy atom. The van der Waals surface area contributed by atoms with Crippen molar-refractivity contribution in [2.75, 3.05) is 13.1 Å². The molecule has 0 aliphatic carbocycles. The Labute approximate surface area is 111 Å². The lowest BCUT2D eigenvalue weighted by atomic mass is 9.89. The molecule has 1 amide bonds. The molecule has 3 atom stereocenters. The number of piperazine rings is 1. The SMILES string of the molecule is Cc1ccc(C2NN3CCNC(=O)C3C2C=O)cc1. The first-order valence-electron chi connectivity index (χ1n) is 6.53. The van der Waals surface area contributed by atoms with Crippen LogP contribution in [0.5, 0.6) is 0 Å². The topological polar surface area (TPSA) is 61.4 Å². The lowest BCUT2D eigenvalue weighted by Crippen LogP contribution is -2.56. The monoisotopic (exact) mass is 259 g/mol. The van der Waals surface area contributed by atoms with Crippen molar-refractivity contribution >= 4 is 12.2 Å². The Hall–Kier alpha value is -1.72. The summed E-state index contributed by atoms with van der Waals surface area (Å²) in [5.74, 6) is -0.409. The van der Waals surface area contributed by atoms with Crippen LogP contribution < -0.4 is 10.7 Å². The van der Waals surface area contributed by atoms with Crippen molar-refractivity contribution in [3.8, 4) is 0 Å². The van der Waals surface area contributed by atoms with Crippen molar-refractivity contribution in [1.82, 2.24) is 15.8 Å². The number of nitrogens with zero attached hydrogens (tertiary/aromatic N) is 1. The molecule has 100 valence electrons. The van der Waals surface area contributed by atoms with Crippen molar-refractivity contribution in [2.45, 2.75) is 19.0 Å². The van der Waals surface area contributed by atoms with Crippen LogP contribution in [-0.4, -0.2) is 36.3 Å². The number of carbonyl (C=O) groups is 2. The van der Waals surface area contributed by atoms with Gasteiger partial charge in [-0.3, -0.25) is 4.79 Å². The highest BCUT2D eigenvalue weighted by Crippen LogP contribution is 2.33. The molecular formula is C14H17N3O2. The molecular weight excluding hydrogens is 242 g/mol. The number of benzene rings is 1. The quantitative estimate of drug-likeness (QED) is 0.743. The van der Waals surface area contributed by atoms with Gasteiger partial charge >= 0.3 is 0 Å². The standard InChI is InChI=1S/C14H17N3O2/c1-9-2-4-10(5-3-9)12-11(8-18)13-14(19)15-6-7-17(13)16-12/h2-5,8,11-13,16H,6-7H2,1H3,(H,15,19). The molecule has 0 bridgehead atoms. The summed E-state index contributed by atoms with van der Waals surface area (Å²) in [7, 11) is 0. The number of rotatable bonds is 2. The molecule has 0 aromatic heterocycles. The minimum Gasteiger partial charge on any atom is -0.353 e. The number of fused-ring (bicyclic) bond motifs is 1. The Bertz CT molecular complexity index is 500. The fourth-order valence-corrected chi connectivity index (χ4v) is 2.88. The van der Waals surface area contributed by atoms with E-state index < -0.39 is 6.04 Å². The third-order valence-corrected chi connectivity index (χ3v) is 3.90. The second-order valence-electron chi connectivity index (χ2n) is 5.16. The van der Waals surface area contributed by atoms with Crippen LogP contribution in [0.1, 0.15) is 17.2 Å². The van der Waals surface area contributed by atoms with Gasteiger partial charge in [-0.1, -0.05) is 29.8 Å². The molecule has 2 N–H and O–H groups in total. The molecule has 5 heteroatoms. The molecule has 3 unspecified atom stereocenters. The predicted octanol–water partition coefficient (Wildman–Crippen LogP) is 0.170. The summed E-state index contributed by atoms with van der Waals surface area (Å²) in [6.07, 6.45) is 0.896. The number of amides is 1. The van der Waals surface area contributed by atoms with Gasteiger partial charge in [-0.25, -0.2) is 10.4 Å². The third-order valence-electron chi connectivity index (χ3n) is 3.90. The fourth-order valence-electron chi connectivity index (χ4n) is 2.88. The van der Waals surface area contributed by atoms with Crippen molar-refractivity contribution < 1.29 is 9.59 Å². The van der Waals surface area contributed by atoms with Gasteiger partial charge in [0.2, 0.25) is 5.91 Å². The van der Waals surface area contributed by atoms with E-state index in [1.54, 1.807) is 0 Å². The smallest absolute Gasteiger partial charge is 0.239 e. The summed E-state index contributed by atoms with van der Waals surface area (Å²) in [6, 6.07) is 7.57. The van der Waals surface area contributed by atoms with Crippen LogP contribution in [0, 0.1) is 12.8 Å². The number of hydrogen-bond acceptors (Lipinski definition) is 4. The first-order valence-corrected chi connectivity index (χ1v) is 6.53. The molecule has 0 spiro atoms. The van der Waals surface area contributed by atoms with Crippen LogP contribution in [0.2, 0.25) is 0 Å². The van der Waals surface area contributed by atoms with Gasteiger partial charge in [0.25, 0.3) is 0 Å². The van der Waals surface area contributed by atoms with E-state index in [-0.39, 0.29) is 17.9 Å². The molecule has 1 aromatic rings. The van der Waals surface area contributed by atoms with E-state index in [0.717, 1.165) is 18.4 Å². The number of hydrogen-bond donors (Lipinski definition) is 2. The Kier molecular flexibility index (Phi) is 3.08. The highest BCUT2D eigenvalue weighted by atomic mass is 16.2. The van der Waals surface area contributed by atoms with E-state index >= 15 is 0 Å². The lowest BCUT2D eigenvalue weighted by Gasteiger charge is -2.29. The van der Waals surface area contributed by atoms with Crippen LogP contribution >= 0.6 is 0 Å². The van der Waals surface area contributed by atoms with Gasteiger partial charge in [0.05, 0.1) is 12.0 Å². The second-order valence-corrected chi connectivity index (χ2v) is 5.16. The van der Waals surface area contributed by atoms with Gasteiger partial charge in [-0.15, -0.1) is 0 Å². The van der Waals surface area contributed by atoms with Crippen LogP contribution in [0.15, 0.2) is 24.3 Å². The summed E-state index contributed by atoms with van der Waals surface area (Å²) in [5.41, 5.74) is 5.53. The molecule has 0 saturated carbocycles. The zero-order valence-corrected chi connectivity index (χ0v) is 10.8. The van der Waals surface area contributed by atoms with Crippen molar-refractivity contribution in [1.29, 1.82) is 0 Å². The van der Waals surface area contributed by atoms with Gasteiger partial charge in [0.1, 0.15) is 12.3 Å². The maximum Gasteiger partial charge on any atom is 0.239 e. The van der Waals surface area contributed by atoms with E-state index in [1.807, 2.05) is 36.2 Å². The zero-order valence-electron chi connectivity index (χ0n) is 10.8. The summed E-state index contributed by atoms with van der Waals surface area (Å²) in [6.45, 7) is 3.37. The van der Waals surface area contributed by atoms with Gasteiger partial charge in [-0.05, 0) is 12.5 Å². The first kappa shape index (κ1) is 12.3. The van der Waals surface area contributed by atoms with Crippen LogP contribution in [0.25, 0.3) is 0 Å². The molecule has 2 saturated heterocycles. The normalized spacial score (nSPS) is 30.8. The molecule has 0 radical (unpaired) electrons. The van der Waals surface area contributed by atoms with Gasteiger partial charge in [0.15, 0.2) is 0 Å². The van der Waals surface area contributed by atoms with E-state index in [4.69, 9.17) is 0 Å². The number of nitrogens with one attached hydrogen (secondary N) is 2. The minimum atomic E-state index is -0.391. The van der Waals surface area contributed by atoms with E-state index in [1.165, 1.54) is 5.56 Å². The van der Waals surface area contributed by atoms with Crippen LogP contribution in [0.4, 0.5) is 0 Å². The average molecular weight is 259 g/mol. The van der Waals surface area contributed by atoms with E-state index in [0.29, 0.717) is 6.54 Å². The largest absolute Gasteiger partial charge is 0.353 e.